The molecular weight excluding hydrogens is 456 g/mol. The summed E-state index contributed by atoms with van der Waals surface area (Å²) < 4.78 is 34.1. The highest BCUT2D eigenvalue weighted by Crippen LogP contribution is 2.32. The summed E-state index contributed by atoms with van der Waals surface area (Å²) in [6.07, 6.45) is 2.16. The molecule has 0 spiro atoms. The van der Waals surface area contributed by atoms with Crippen molar-refractivity contribution in [3.05, 3.63) is 71.3 Å². The second-order valence-electron chi connectivity index (χ2n) is 9.31. The van der Waals surface area contributed by atoms with Crippen molar-refractivity contribution in [2.75, 3.05) is 66.1 Å². The van der Waals surface area contributed by atoms with Gasteiger partial charge >= 0.3 is 0 Å². The van der Waals surface area contributed by atoms with Crippen LogP contribution in [-0.4, -0.2) is 72.2 Å². The molecule has 1 aliphatic rings. The Labute approximate surface area is 217 Å². The third-order valence-corrected chi connectivity index (χ3v) is 6.52. The molecule has 6 nitrogen and oxygen atoms in total. The van der Waals surface area contributed by atoms with E-state index in [1.54, 1.807) is 0 Å². The summed E-state index contributed by atoms with van der Waals surface area (Å²) in [5.41, 5.74) is 3.97. The van der Waals surface area contributed by atoms with E-state index < -0.39 is 0 Å². The van der Waals surface area contributed by atoms with E-state index in [1.165, 1.54) is 11.1 Å². The molecule has 3 atom stereocenters. The maximum Gasteiger partial charge on any atom is 0.104 e. The van der Waals surface area contributed by atoms with Gasteiger partial charge in [0.1, 0.15) is 6.10 Å². The normalized spacial score (nSPS) is 20.7. The first-order valence-electron chi connectivity index (χ1n) is 13.4. The molecule has 1 aliphatic heterocycles. The van der Waals surface area contributed by atoms with Gasteiger partial charge in [-0.2, -0.15) is 0 Å². The molecule has 0 aliphatic carbocycles. The number of hydrogen-bond donors (Lipinski definition) is 0. The van der Waals surface area contributed by atoms with Crippen molar-refractivity contribution in [2.24, 2.45) is 0 Å². The van der Waals surface area contributed by atoms with Crippen LogP contribution in [0.2, 0.25) is 0 Å². The number of benzene rings is 2. The Morgan fingerprint density at radius 1 is 0.750 bits per heavy atom. The Balaban J connectivity index is 1.42. The Kier molecular flexibility index (Phi) is 14.1. The van der Waals surface area contributed by atoms with Crippen molar-refractivity contribution in [3.8, 4) is 0 Å². The average molecular weight is 501 g/mol. The van der Waals surface area contributed by atoms with Gasteiger partial charge in [0.05, 0.1) is 72.7 Å². The van der Waals surface area contributed by atoms with Crippen LogP contribution in [0.3, 0.4) is 0 Å². The van der Waals surface area contributed by atoms with Gasteiger partial charge in [-0.1, -0.05) is 68.4 Å². The molecule has 200 valence electrons. The standard InChI is InChI=1S/C30H44O6/c1-3-27(29-7-5-4-6-8-29)21-25(2)28-11-9-26(10-12-28)22-35-24-30-23-34-18-17-32-14-13-31-15-16-33-19-20-36-30/h4-12,25,27,30H,3,13-24H2,1-2H3. The smallest absolute Gasteiger partial charge is 0.104 e. The first kappa shape index (κ1) is 28.8. The van der Waals surface area contributed by atoms with E-state index in [0.29, 0.717) is 84.5 Å². The third-order valence-electron chi connectivity index (χ3n) is 6.52. The lowest BCUT2D eigenvalue weighted by molar-refractivity contribution is -0.0801. The van der Waals surface area contributed by atoms with Gasteiger partial charge in [0.2, 0.25) is 0 Å². The van der Waals surface area contributed by atoms with E-state index in [0.717, 1.165) is 18.4 Å². The highest BCUT2D eigenvalue weighted by Gasteiger charge is 2.15. The maximum atomic E-state index is 5.99. The molecule has 1 saturated heterocycles. The Morgan fingerprint density at radius 2 is 1.36 bits per heavy atom. The number of rotatable bonds is 9. The lowest BCUT2D eigenvalue weighted by Crippen LogP contribution is -2.28. The van der Waals surface area contributed by atoms with E-state index in [4.69, 9.17) is 28.4 Å². The molecule has 3 rings (SSSR count). The van der Waals surface area contributed by atoms with Crippen molar-refractivity contribution in [3.63, 3.8) is 0 Å². The summed E-state index contributed by atoms with van der Waals surface area (Å²) in [5.74, 6) is 1.09. The van der Waals surface area contributed by atoms with E-state index in [1.807, 2.05) is 0 Å². The van der Waals surface area contributed by atoms with Crippen molar-refractivity contribution in [2.45, 2.75) is 51.2 Å². The van der Waals surface area contributed by atoms with E-state index in [9.17, 15) is 0 Å². The van der Waals surface area contributed by atoms with Crippen molar-refractivity contribution in [1.29, 1.82) is 0 Å². The third kappa shape index (κ3) is 11.1. The topological polar surface area (TPSA) is 55.4 Å². The number of hydrogen-bond acceptors (Lipinski definition) is 6. The molecular formula is C30H44O6. The van der Waals surface area contributed by atoms with E-state index in [-0.39, 0.29) is 6.10 Å². The molecule has 0 radical (unpaired) electrons. The van der Waals surface area contributed by atoms with Crippen LogP contribution in [0.15, 0.2) is 54.6 Å². The van der Waals surface area contributed by atoms with Crippen LogP contribution in [0, 0.1) is 0 Å². The van der Waals surface area contributed by atoms with Gasteiger partial charge in [-0.05, 0) is 41.4 Å². The van der Waals surface area contributed by atoms with Gasteiger partial charge in [-0.15, -0.1) is 0 Å². The molecule has 0 bridgehead atoms. The quantitative estimate of drug-likeness (QED) is 0.462. The lowest BCUT2D eigenvalue weighted by Gasteiger charge is -2.21. The molecule has 0 N–H and O–H groups in total. The fourth-order valence-electron chi connectivity index (χ4n) is 4.37. The second kappa shape index (κ2) is 17.6. The van der Waals surface area contributed by atoms with Crippen LogP contribution in [0.25, 0.3) is 0 Å². The monoisotopic (exact) mass is 500 g/mol. The van der Waals surface area contributed by atoms with Crippen LogP contribution in [0.1, 0.15) is 55.2 Å². The van der Waals surface area contributed by atoms with Crippen LogP contribution in [0.4, 0.5) is 0 Å². The first-order chi connectivity index (χ1) is 17.8. The van der Waals surface area contributed by atoms with E-state index in [2.05, 4.69) is 68.4 Å². The number of ether oxygens (including phenoxy) is 6. The highest BCUT2D eigenvalue weighted by atomic mass is 16.6. The van der Waals surface area contributed by atoms with Gasteiger partial charge in [0, 0.05) is 0 Å². The summed E-state index contributed by atoms with van der Waals surface area (Å²) in [4.78, 5) is 0. The molecule has 1 heterocycles. The summed E-state index contributed by atoms with van der Waals surface area (Å²) in [7, 11) is 0. The van der Waals surface area contributed by atoms with Gasteiger partial charge in [0.15, 0.2) is 0 Å². The van der Waals surface area contributed by atoms with Gasteiger partial charge in [0.25, 0.3) is 0 Å². The summed E-state index contributed by atoms with van der Waals surface area (Å²) in [6.45, 7) is 10.5. The van der Waals surface area contributed by atoms with Crippen LogP contribution in [-0.2, 0) is 35.0 Å². The maximum absolute atomic E-state index is 5.99. The minimum Gasteiger partial charge on any atom is -0.377 e. The SMILES string of the molecule is CCC(CC(C)c1ccc(COCC2COCCOCCOCCOCCO2)cc1)c1ccccc1. The van der Waals surface area contributed by atoms with Crippen LogP contribution >= 0.6 is 0 Å². The van der Waals surface area contributed by atoms with Crippen molar-refractivity contribution >= 4 is 0 Å². The van der Waals surface area contributed by atoms with Gasteiger partial charge in [-0.25, -0.2) is 0 Å². The Morgan fingerprint density at radius 3 is 2.00 bits per heavy atom. The molecule has 36 heavy (non-hydrogen) atoms. The first-order valence-corrected chi connectivity index (χ1v) is 13.4. The van der Waals surface area contributed by atoms with Crippen molar-refractivity contribution < 1.29 is 28.4 Å². The zero-order valence-corrected chi connectivity index (χ0v) is 22.1. The predicted octanol–water partition coefficient (Wildman–Crippen LogP) is 5.36. The highest BCUT2D eigenvalue weighted by molar-refractivity contribution is 5.26. The predicted molar refractivity (Wildman–Crippen MR) is 142 cm³/mol. The van der Waals surface area contributed by atoms with Crippen LogP contribution < -0.4 is 0 Å². The molecule has 0 amide bonds. The molecule has 1 fully saturated rings. The van der Waals surface area contributed by atoms with Crippen LogP contribution in [0.5, 0.6) is 0 Å². The summed E-state index contributed by atoms with van der Waals surface area (Å²) in [6, 6.07) is 19.7. The molecule has 0 aromatic heterocycles. The molecule has 6 heteroatoms. The van der Waals surface area contributed by atoms with Crippen molar-refractivity contribution in [1.82, 2.24) is 0 Å². The fourth-order valence-corrected chi connectivity index (χ4v) is 4.37. The Bertz CT molecular complexity index is 781. The molecule has 3 unspecified atom stereocenters. The van der Waals surface area contributed by atoms with Gasteiger partial charge < -0.3 is 28.4 Å². The zero-order chi connectivity index (χ0) is 25.3. The molecule has 2 aromatic carbocycles. The summed E-state index contributed by atoms with van der Waals surface area (Å²) >= 11 is 0. The van der Waals surface area contributed by atoms with Gasteiger partial charge in [-0.3, -0.25) is 0 Å². The van der Waals surface area contributed by atoms with E-state index >= 15 is 0 Å². The zero-order valence-electron chi connectivity index (χ0n) is 22.1. The average Bonchev–Trinajstić information content (AvgIpc) is 2.93. The fraction of sp³-hybridized carbons (Fsp3) is 0.600. The summed E-state index contributed by atoms with van der Waals surface area (Å²) in [5, 5.41) is 0. The molecule has 2 aromatic rings. The minimum absolute atomic E-state index is 0.141. The minimum atomic E-state index is -0.141. The lowest BCUT2D eigenvalue weighted by atomic mass is 9.84. The second-order valence-corrected chi connectivity index (χ2v) is 9.31. The molecule has 0 saturated carbocycles. The Hall–Kier alpha value is -1.80. The largest absolute Gasteiger partial charge is 0.377 e.